The van der Waals surface area contributed by atoms with Crippen LogP contribution in [0.15, 0.2) is 16.9 Å². The van der Waals surface area contributed by atoms with Gasteiger partial charge >= 0.3 is 0 Å². The fraction of sp³-hybridized carbons (Fsp3) is 0.300. The summed E-state index contributed by atoms with van der Waals surface area (Å²) < 4.78 is 0.812. The summed E-state index contributed by atoms with van der Waals surface area (Å²) in [6.45, 7) is 0. The molecule has 0 saturated heterocycles. The third-order valence-corrected chi connectivity index (χ3v) is 3.79. The Balaban J connectivity index is 2.13. The van der Waals surface area contributed by atoms with E-state index in [1.807, 2.05) is 0 Å². The summed E-state index contributed by atoms with van der Waals surface area (Å²) in [6.07, 6.45) is 5.75. The molecule has 0 atom stereocenters. The monoisotopic (exact) mass is 298 g/mol. The molecule has 1 aliphatic rings. The zero-order valence-electron chi connectivity index (χ0n) is 8.24. The molecule has 0 unspecified atom stereocenters. The lowest BCUT2D eigenvalue weighted by Gasteiger charge is -2.05. The molecule has 1 fully saturated rings. The Kier molecular flexibility index (Phi) is 2.44. The Morgan fingerprint density at radius 3 is 2.81 bits per heavy atom. The van der Waals surface area contributed by atoms with E-state index in [1.54, 1.807) is 12.4 Å². The Bertz CT molecular complexity index is 522. The number of imidazole rings is 1. The summed E-state index contributed by atoms with van der Waals surface area (Å²) in [5.41, 5.74) is 0.992. The van der Waals surface area contributed by atoms with Crippen LogP contribution in [0.5, 0.6) is 0 Å². The number of aromatic amines is 1. The van der Waals surface area contributed by atoms with E-state index < -0.39 is 0 Å². The summed E-state index contributed by atoms with van der Waals surface area (Å²) in [5.74, 6) is 1.72. The van der Waals surface area contributed by atoms with Crippen LogP contribution in [-0.4, -0.2) is 19.9 Å². The molecule has 4 nitrogen and oxygen atoms in total. The van der Waals surface area contributed by atoms with Gasteiger partial charge < -0.3 is 4.98 Å². The van der Waals surface area contributed by atoms with Crippen molar-refractivity contribution in [1.29, 1.82) is 0 Å². The van der Waals surface area contributed by atoms with Crippen molar-refractivity contribution in [3.05, 3.63) is 27.7 Å². The molecule has 1 saturated carbocycles. The van der Waals surface area contributed by atoms with Gasteiger partial charge in [-0.3, -0.25) is 0 Å². The minimum absolute atomic E-state index is 0.448. The van der Waals surface area contributed by atoms with Crippen molar-refractivity contribution in [3.63, 3.8) is 0 Å². The molecule has 0 bridgehead atoms. The lowest BCUT2D eigenvalue weighted by Crippen LogP contribution is -1.98. The molecular weight excluding hydrogens is 291 g/mol. The zero-order valence-corrected chi connectivity index (χ0v) is 10.6. The van der Waals surface area contributed by atoms with Gasteiger partial charge in [-0.15, -0.1) is 0 Å². The minimum Gasteiger partial charge on any atom is -0.342 e. The van der Waals surface area contributed by atoms with Crippen molar-refractivity contribution < 1.29 is 0 Å². The molecule has 6 heteroatoms. The van der Waals surface area contributed by atoms with E-state index in [-0.39, 0.29) is 0 Å². The van der Waals surface area contributed by atoms with Crippen molar-refractivity contribution >= 4 is 27.5 Å². The summed E-state index contributed by atoms with van der Waals surface area (Å²) in [4.78, 5) is 15.8. The second-order valence-corrected chi connectivity index (χ2v) is 4.90. The van der Waals surface area contributed by atoms with Gasteiger partial charge in [0.2, 0.25) is 0 Å². The van der Waals surface area contributed by atoms with Crippen molar-refractivity contribution in [3.8, 4) is 11.6 Å². The van der Waals surface area contributed by atoms with Gasteiger partial charge in [-0.2, -0.15) is 0 Å². The second-order valence-electron chi connectivity index (χ2n) is 3.75. The third kappa shape index (κ3) is 1.74. The van der Waals surface area contributed by atoms with Gasteiger partial charge in [-0.25, -0.2) is 15.0 Å². The average molecular weight is 300 g/mol. The van der Waals surface area contributed by atoms with E-state index in [4.69, 9.17) is 11.6 Å². The van der Waals surface area contributed by atoms with Crippen LogP contribution in [0.2, 0.25) is 5.15 Å². The van der Waals surface area contributed by atoms with Crippen molar-refractivity contribution in [2.45, 2.75) is 18.8 Å². The largest absolute Gasteiger partial charge is 0.342 e. The molecule has 0 amide bonds. The van der Waals surface area contributed by atoms with Gasteiger partial charge in [-0.1, -0.05) is 11.6 Å². The molecule has 2 aromatic heterocycles. The molecule has 2 heterocycles. The van der Waals surface area contributed by atoms with Gasteiger partial charge in [0.1, 0.15) is 5.15 Å². The Morgan fingerprint density at radius 2 is 2.19 bits per heavy atom. The zero-order chi connectivity index (χ0) is 11.1. The fourth-order valence-corrected chi connectivity index (χ4v) is 2.23. The van der Waals surface area contributed by atoms with Gasteiger partial charge in [0.15, 0.2) is 11.6 Å². The molecule has 0 aliphatic heterocycles. The van der Waals surface area contributed by atoms with Crippen LogP contribution < -0.4 is 0 Å². The maximum atomic E-state index is 6.07. The van der Waals surface area contributed by atoms with Crippen LogP contribution in [0.4, 0.5) is 0 Å². The molecule has 82 valence electrons. The number of halogens is 2. The van der Waals surface area contributed by atoms with Gasteiger partial charge in [0.05, 0.1) is 10.2 Å². The first-order valence-corrected chi connectivity index (χ1v) is 6.15. The topological polar surface area (TPSA) is 54.5 Å². The fourth-order valence-electron chi connectivity index (χ4n) is 1.56. The number of aromatic nitrogens is 4. The molecule has 0 radical (unpaired) electrons. The lowest BCUT2D eigenvalue weighted by molar-refractivity contribution is 0.969. The standard InChI is InChI=1S/C10H8BrClN4/c11-6-7(5-1-2-5)15-10(16-8(6)12)9-13-3-4-14-9/h3-5H,1-2H2,(H,13,14). The Hall–Kier alpha value is -0.940. The lowest BCUT2D eigenvalue weighted by atomic mass is 10.3. The molecule has 16 heavy (non-hydrogen) atoms. The van der Waals surface area contributed by atoms with E-state index in [0.717, 1.165) is 10.2 Å². The summed E-state index contributed by atoms with van der Waals surface area (Å²) in [5, 5.41) is 0.448. The highest BCUT2D eigenvalue weighted by molar-refractivity contribution is 9.10. The second kappa shape index (κ2) is 3.82. The molecule has 0 spiro atoms. The van der Waals surface area contributed by atoms with Gasteiger partial charge in [-0.05, 0) is 28.8 Å². The first kappa shape index (κ1) is 10.2. The maximum absolute atomic E-state index is 6.07. The molecule has 1 N–H and O–H groups in total. The number of nitrogens with zero attached hydrogens (tertiary/aromatic N) is 3. The van der Waals surface area contributed by atoms with E-state index in [9.17, 15) is 0 Å². The highest BCUT2D eigenvalue weighted by Gasteiger charge is 2.29. The maximum Gasteiger partial charge on any atom is 0.197 e. The van der Waals surface area contributed by atoms with Crippen LogP contribution in [0.1, 0.15) is 24.5 Å². The number of rotatable bonds is 2. The average Bonchev–Trinajstić information content (AvgIpc) is 2.96. The SMILES string of the molecule is Clc1nc(-c2ncc[nH]2)nc(C2CC2)c1Br. The molecule has 3 rings (SSSR count). The number of H-pyrrole nitrogens is 1. The van der Waals surface area contributed by atoms with Crippen molar-refractivity contribution in [2.24, 2.45) is 0 Å². The van der Waals surface area contributed by atoms with Crippen LogP contribution in [0, 0.1) is 0 Å². The van der Waals surface area contributed by atoms with Crippen LogP contribution in [0.3, 0.4) is 0 Å². The Morgan fingerprint density at radius 1 is 1.38 bits per heavy atom. The molecule has 0 aromatic carbocycles. The van der Waals surface area contributed by atoms with Crippen molar-refractivity contribution in [2.75, 3.05) is 0 Å². The van der Waals surface area contributed by atoms with Crippen LogP contribution in [-0.2, 0) is 0 Å². The summed E-state index contributed by atoms with van der Waals surface area (Å²) >= 11 is 9.50. The third-order valence-electron chi connectivity index (χ3n) is 2.51. The van der Waals surface area contributed by atoms with Crippen LogP contribution in [0.25, 0.3) is 11.6 Å². The highest BCUT2D eigenvalue weighted by Crippen LogP contribution is 2.44. The minimum atomic E-state index is 0.448. The molecule has 2 aromatic rings. The van der Waals surface area contributed by atoms with E-state index in [0.29, 0.717) is 22.7 Å². The predicted molar refractivity (Wildman–Crippen MR) is 64.3 cm³/mol. The van der Waals surface area contributed by atoms with Crippen LogP contribution >= 0.6 is 27.5 Å². The quantitative estimate of drug-likeness (QED) is 0.867. The van der Waals surface area contributed by atoms with E-state index >= 15 is 0 Å². The first-order chi connectivity index (χ1) is 7.75. The van der Waals surface area contributed by atoms with Gasteiger partial charge in [0, 0.05) is 18.3 Å². The molecular formula is C10H8BrClN4. The van der Waals surface area contributed by atoms with E-state index in [1.165, 1.54) is 12.8 Å². The smallest absolute Gasteiger partial charge is 0.197 e. The highest BCUT2D eigenvalue weighted by atomic mass is 79.9. The summed E-state index contributed by atoms with van der Waals surface area (Å²) in [6, 6.07) is 0. The first-order valence-electron chi connectivity index (χ1n) is 4.98. The molecule has 1 aliphatic carbocycles. The normalized spacial score (nSPS) is 15.4. The van der Waals surface area contributed by atoms with Gasteiger partial charge in [0.25, 0.3) is 0 Å². The number of hydrogen-bond donors (Lipinski definition) is 1. The predicted octanol–water partition coefficient (Wildman–Crippen LogP) is 3.16. The van der Waals surface area contributed by atoms with Crippen molar-refractivity contribution in [1.82, 2.24) is 19.9 Å². The number of hydrogen-bond acceptors (Lipinski definition) is 3. The Labute approximate surface area is 106 Å². The number of nitrogens with one attached hydrogen (secondary N) is 1. The van der Waals surface area contributed by atoms with E-state index in [2.05, 4.69) is 35.9 Å². The summed E-state index contributed by atoms with van der Waals surface area (Å²) in [7, 11) is 0.